The van der Waals surface area contributed by atoms with Crippen LogP contribution in [0.4, 0.5) is 5.69 Å². The van der Waals surface area contributed by atoms with E-state index in [1.165, 1.54) is 0 Å². The van der Waals surface area contributed by atoms with Crippen LogP contribution < -0.4 is 5.32 Å². The normalized spacial score (nSPS) is 10.0. The van der Waals surface area contributed by atoms with Crippen LogP contribution >= 0.6 is 11.6 Å². The number of anilines is 1. The summed E-state index contributed by atoms with van der Waals surface area (Å²) in [6, 6.07) is 1.83. The number of pyridine rings is 1. The van der Waals surface area contributed by atoms with Gasteiger partial charge in [-0.15, -0.1) is 0 Å². The zero-order valence-electron chi connectivity index (χ0n) is 8.79. The average Bonchev–Trinajstić information content (AvgIpc) is 2.20. The zero-order chi connectivity index (χ0) is 11.1. The summed E-state index contributed by atoms with van der Waals surface area (Å²) in [5, 5.41) is 3.78. The fraction of sp³-hybridized carbons (Fsp3) is 0.364. The molecule has 1 rings (SSSR count). The predicted octanol–water partition coefficient (Wildman–Crippen LogP) is 2.74. The van der Waals surface area contributed by atoms with Gasteiger partial charge in [-0.3, -0.25) is 4.98 Å². The minimum atomic E-state index is 0.603. The van der Waals surface area contributed by atoms with Crippen LogP contribution in [-0.2, 0) is 4.74 Å². The van der Waals surface area contributed by atoms with E-state index in [4.69, 9.17) is 16.3 Å². The summed E-state index contributed by atoms with van der Waals surface area (Å²) >= 11 is 5.91. The van der Waals surface area contributed by atoms with Crippen LogP contribution in [0, 0.1) is 0 Å². The molecule has 0 unspecified atom stereocenters. The molecule has 0 aliphatic carbocycles. The second-order valence-electron chi connectivity index (χ2n) is 3.29. The SMILES string of the molecule is C=C(C)COCCNc1ccncc1Cl. The summed E-state index contributed by atoms with van der Waals surface area (Å²) in [7, 11) is 0. The van der Waals surface area contributed by atoms with Crippen molar-refractivity contribution in [2.75, 3.05) is 25.1 Å². The Kier molecular flexibility index (Phi) is 5.15. The van der Waals surface area contributed by atoms with Gasteiger partial charge in [0.1, 0.15) is 0 Å². The number of rotatable bonds is 6. The minimum absolute atomic E-state index is 0.603. The van der Waals surface area contributed by atoms with Crippen LogP contribution in [0.3, 0.4) is 0 Å². The molecule has 0 saturated carbocycles. The van der Waals surface area contributed by atoms with Gasteiger partial charge < -0.3 is 10.1 Å². The molecule has 0 aliphatic heterocycles. The standard InChI is InChI=1S/C11H15ClN2O/c1-9(2)8-15-6-5-14-11-3-4-13-7-10(11)12/h3-4,7H,1,5-6,8H2,2H3,(H,13,14). The maximum absolute atomic E-state index is 5.91. The second kappa shape index (κ2) is 6.43. The van der Waals surface area contributed by atoms with E-state index in [1.807, 2.05) is 13.0 Å². The molecular formula is C11H15ClN2O. The van der Waals surface area contributed by atoms with Crippen molar-refractivity contribution in [2.24, 2.45) is 0 Å². The van der Waals surface area contributed by atoms with E-state index >= 15 is 0 Å². The molecule has 0 spiro atoms. The van der Waals surface area contributed by atoms with Crippen molar-refractivity contribution in [3.63, 3.8) is 0 Å². The van der Waals surface area contributed by atoms with Crippen molar-refractivity contribution in [1.29, 1.82) is 0 Å². The summed E-state index contributed by atoms with van der Waals surface area (Å²) in [5.41, 5.74) is 1.91. The van der Waals surface area contributed by atoms with Gasteiger partial charge >= 0.3 is 0 Å². The van der Waals surface area contributed by atoms with E-state index in [9.17, 15) is 0 Å². The van der Waals surface area contributed by atoms with Gasteiger partial charge in [-0.05, 0) is 13.0 Å². The van der Waals surface area contributed by atoms with Crippen LogP contribution in [0.2, 0.25) is 5.02 Å². The molecule has 0 aromatic carbocycles. The summed E-state index contributed by atoms with van der Waals surface area (Å²) < 4.78 is 5.34. The third kappa shape index (κ3) is 4.81. The lowest BCUT2D eigenvalue weighted by Gasteiger charge is -2.08. The molecule has 3 nitrogen and oxygen atoms in total. The molecule has 4 heteroatoms. The van der Waals surface area contributed by atoms with Crippen molar-refractivity contribution < 1.29 is 4.74 Å². The second-order valence-corrected chi connectivity index (χ2v) is 3.70. The summed E-state index contributed by atoms with van der Waals surface area (Å²) in [4.78, 5) is 3.90. The van der Waals surface area contributed by atoms with Gasteiger partial charge in [-0.1, -0.05) is 23.8 Å². The summed E-state index contributed by atoms with van der Waals surface area (Å²) in [5.74, 6) is 0. The Labute approximate surface area is 95.1 Å². The highest BCUT2D eigenvalue weighted by Crippen LogP contribution is 2.18. The molecule has 1 aromatic heterocycles. The topological polar surface area (TPSA) is 34.1 Å². The molecule has 15 heavy (non-hydrogen) atoms. The van der Waals surface area contributed by atoms with Gasteiger partial charge in [-0.25, -0.2) is 0 Å². The maximum Gasteiger partial charge on any atom is 0.0820 e. The molecule has 0 saturated heterocycles. The molecule has 1 N–H and O–H groups in total. The Morgan fingerprint density at radius 1 is 1.67 bits per heavy atom. The zero-order valence-corrected chi connectivity index (χ0v) is 9.55. The molecule has 1 heterocycles. The number of hydrogen-bond donors (Lipinski definition) is 1. The number of nitrogens with one attached hydrogen (secondary N) is 1. The molecule has 1 aromatic rings. The van der Waals surface area contributed by atoms with E-state index in [2.05, 4.69) is 16.9 Å². The van der Waals surface area contributed by atoms with E-state index < -0.39 is 0 Å². The van der Waals surface area contributed by atoms with Gasteiger partial charge in [0.25, 0.3) is 0 Å². The van der Waals surface area contributed by atoms with E-state index in [-0.39, 0.29) is 0 Å². The number of hydrogen-bond acceptors (Lipinski definition) is 3. The molecule has 82 valence electrons. The average molecular weight is 227 g/mol. The van der Waals surface area contributed by atoms with E-state index in [1.54, 1.807) is 12.4 Å². The molecule has 0 atom stereocenters. The molecule has 0 bridgehead atoms. The van der Waals surface area contributed by atoms with Crippen LogP contribution in [0.5, 0.6) is 0 Å². The number of ether oxygens (including phenoxy) is 1. The highest BCUT2D eigenvalue weighted by atomic mass is 35.5. The van der Waals surface area contributed by atoms with E-state index in [0.29, 0.717) is 18.2 Å². The predicted molar refractivity (Wildman–Crippen MR) is 63.4 cm³/mol. The van der Waals surface area contributed by atoms with Crippen molar-refractivity contribution in [2.45, 2.75) is 6.92 Å². The number of aromatic nitrogens is 1. The van der Waals surface area contributed by atoms with E-state index in [0.717, 1.165) is 17.8 Å². The molecule has 0 amide bonds. The van der Waals surface area contributed by atoms with Crippen LogP contribution in [0.25, 0.3) is 0 Å². The highest BCUT2D eigenvalue weighted by Gasteiger charge is 1.97. The summed E-state index contributed by atoms with van der Waals surface area (Å²) in [6.07, 6.45) is 3.31. The van der Waals surface area contributed by atoms with Crippen LogP contribution in [0.1, 0.15) is 6.92 Å². The van der Waals surface area contributed by atoms with Crippen molar-refractivity contribution in [3.8, 4) is 0 Å². The van der Waals surface area contributed by atoms with Crippen LogP contribution in [0.15, 0.2) is 30.6 Å². The molecule has 0 radical (unpaired) electrons. The fourth-order valence-electron chi connectivity index (χ4n) is 1.02. The van der Waals surface area contributed by atoms with Crippen molar-refractivity contribution in [1.82, 2.24) is 4.98 Å². The largest absolute Gasteiger partial charge is 0.381 e. The first-order chi connectivity index (χ1) is 7.20. The molecule has 0 fully saturated rings. The van der Waals surface area contributed by atoms with Crippen LogP contribution in [-0.4, -0.2) is 24.7 Å². The highest BCUT2D eigenvalue weighted by molar-refractivity contribution is 6.33. The number of nitrogens with zero attached hydrogens (tertiary/aromatic N) is 1. The number of halogens is 1. The Morgan fingerprint density at radius 2 is 2.47 bits per heavy atom. The molecule has 0 aliphatic rings. The lowest BCUT2D eigenvalue weighted by Crippen LogP contribution is -2.10. The van der Waals surface area contributed by atoms with Gasteiger partial charge in [0.15, 0.2) is 0 Å². The van der Waals surface area contributed by atoms with Crippen molar-refractivity contribution >= 4 is 17.3 Å². The van der Waals surface area contributed by atoms with Gasteiger partial charge in [0.05, 0.1) is 23.9 Å². The third-order valence-electron chi connectivity index (χ3n) is 1.68. The smallest absolute Gasteiger partial charge is 0.0820 e. The quantitative estimate of drug-likeness (QED) is 0.598. The first-order valence-corrected chi connectivity index (χ1v) is 5.13. The molecular weight excluding hydrogens is 212 g/mol. The third-order valence-corrected chi connectivity index (χ3v) is 1.98. The fourth-order valence-corrected chi connectivity index (χ4v) is 1.21. The first-order valence-electron chi connectivity index (χ1n) is 4.75. The van der Waals surface area contributed by atoms with Crippen molar-refractivity contribution in [3.05, 3.63) is 35.6 Å². The minimum Gasteiger partial charge on any atom is -0.381 e. The van der Waals surface area contributed by atoms with Gasteiger partial charge in [-0.2, -0.15) is 0 Å². The van der Waals surface area contributed by atoms with Gasteiger partial charge in [0, 0.05) is 18.9 Å². The Hall–Kier alpha value is -1.06. The maximum atomic E-state index is 5.91. The Bertz CT molecular complexity index is 328. The lowest BCUT2D eigenvalue weighted by molar-refractivity contribution is 0.167. The Morgan fingerprint density at radius 3 is 3.13 bits per heavy atom. The van der Waals surface area contributed by atoms with Gasteiger partial charge in [0.2, 0.25) is 0 Å². The monoisotopic (exact) mass is 226 g/mol. The summed E-state index contributed by atoms with van der Waals surface area (Å²) in [6.45, 7) is 7.64. The first kappa shape index (κ1) is 12.0. The lowest BCUT2D eigenvalue weighted by atomic mass is 10.4. The Balaban J connectivity index is 2.21.